The number of hydrogen-bond acceptors (Lipinski definition) is 4. The van der Waals surface area contributed by atoms with Crippen molar-refractivity contribution in [2.75, 3.05) is 7.11 Å². The van der Waals surface area contributed by atoms with Crippen LogP contribution in [0.2, 0.25) is 0 Å². The molecule has 4 saturated carbocycles. The summed E-state index contributed by atoms with van der Waals surface area (Å²) in [6.45, 7) is 0.195. The fourth-order valence-corrected chi connectivity index (χ4v) is 6.66. The third-order valence-electron chi connectivity index (χ3n) is 8.10. The first-order valence-corrected chi connectivity index (χ1v) is 12.5. The molecule has 4 fully saturated rings. The Hall–Kier alpha value is -3.35. The van der Waals surface area contributed by atoms with E-state index in [1.807, 2.05) is 24.3 Å². The summed E-state index contributed by atoms with van der Waals surface area (Å²) in [5, 5.41) is 7.87. The predicted molar refractivity (Wildman–Crippen MR) is 129 cm³/mol. The molecule has 3 aromatic rings. The Kier molecular flexibility index (Phi) is 5.71. The molecule has 0 atom stereocenters. The van der Waals surface area contributed by atoms with Crippen LogP contribution in [0.3, 0.4) is 0 Å². The second kappa shape index (κ2) is 9.02. The monoisotopic (exact) mass is 475 g/mol. The number of benzene rings is 2. The quantitative estimate of drug-likeness (QED) is 0.513. The molecule has 0 unspecified atom stereocenters. The van der Waals surface area contributed by atoms with E-state index in [9.17, 15) is 9.18 Å². The van der Waals surface area contributed by atoms with Gasteiger partial charge in [-0.15, -0.1) is 0 Å². The van der Waals surface area contributed by atoms with Crippen molar-refractivity contribution in [1.82, 2.24) is 15.1 Å². The molecular weight excluding hydrogens is 445 g/mol. The number of carbonyl (C=O) groups is 1. The molecule has 1 heterocycles. The van der Waals surface area contributed by atoms with E-state index in [4.69, 9.17) is 9.47 Å². The molecule has 1 N–H and O–H groups in total. The lowest BCUT2D eigenvalue weighted by Gasteiger charge is -2.54. The van der Waals surface area contributed by atoms with Crippen molar-refractivity contribution >= 4 is 5.91 Å². The van der Waals surface area contributed by atoms with E-state index in [0.29, 0.717) is 23.3 Å². The van der Waals surface area contributed by atoms with E-state index in [1.165, 1.54) is 44.2 Å². The molecule has 1 amide bonds. The van der Waals surface area contributed by atoms with Gasteiger partial charge < -0.3 is 14.8 Å². The minimum absolute atomic E-state index is 0.142. The fraction of sp³-hybridized carbons (Fsp3) is 0.429. The van der Waals surface area contributed by atoms with Gasteiger partial charge in [0.25, 0.3) is 5.91 Å². The molecule has 0 saturated heterocycles. The maximum absolute atomic E-state index is 13.5. The summed E-state index contributed by atoms with van der Waals surface area (Å²) in [7, 11) is 1.62. The van der Waals surface area contributed by atoms with Crippen molar-refractivity contribution in [2.45, 2.75) is 44.8 Å². The van der Waals surface area contributed by atoms with Crippen LogP contribution in [0.25, 0.3) is 5.69 Å². The van der Waals surface area contributed by atoms with Crippen molar-refractivity contribution in [3.63, 3.8) is 0 Å². The summed E-state index contributed by atoms with van der Waals surface area (Å²) >= 11 is 0. The summed E-state index contributed by atoms with van der Waals surface area (Å²) in [4.78, 5) is 13.5. The first kappa shape index (κ1) is 22.1. The number of hydrogen-bond donors (Lipinski definition) is 1. The van der Waals surface area contributed by atoms with Crippen molar-refractivity contribution in [1.29, 1.82) is 0 Å². The molecule has 7 heteroatoms. The van der Waals surface area contributed by atoms with Gasteiger partial charge in [-0.1, -0.05) is 12.1 Å². The molecule has 4 bridgehead atoms. The molecule has 7 rings (SSSR count). The second-order valence-electron chi connectivity index (χ2n) is 10.3. The molecular formula is C28H30FN3O3. The summed E-state index contributed by atoms with van der Waals surface area (Å²) in [6.07, 6.45) is 7.89. The normalized spacial score (nSPS) is 26.5. The summed E-state index contributed by atoms with van der Waals surface area (Å²) in [5.41, 5.74) is 1.98. The highest BCUT2D eigenvalue weighted by molar-refractivity contribution is 5.96. The predicted octanol–water partition coefficient (Wildman–Crippen LogP) is 5.15. The minimum Gasteiger partial charge on any atom is -0.497 e. The van der Waals surface area contributed by atoms with E-state index in [2.05, 4.69) is 10.4 Å². The van der Waals surface area contributed by atoms with Gasteiger partial charge >= 0.3 is 0 Å². The van der Waals surface area contributed by atoms with Crippen molar-refractivity contribution in [3.8, 4) is 17.3 Å². The van der Waals surface area contributed by atoms with E-state index < -0.39 is 0 Å². The lowest BCUT2D eigenvalue weighted by molar-refractivity contribution is -0.0120. The van der Waals surface area contributed by atoms with Crippen LogP contribution < -0.4 is 14.8 Å². The number of carbonyl (C=O) groups excluding carboxylic acids is 1. The highest BCUT2D eigenvalue weighted by atomic mass is 19.1. The Morgan fingerprint density at radius 3 is 2.29 bits per heavy atom. The largest absolute Gasteiger partial charge is 0.497 e. The van der Waals surface area contributed by atoms with Gasteiger partial charge in [0, 0.05) is 6.04 Å². The number of ether oxygens (including phenoxy) is 2. The Morgan fingerprint density at radius 2 is 1.66 bits per heavy atom. The molecule has 0 aliphatic heterocycles. The van der Waals surface area contributed by atoms with Crippen molar-refractivity contribution in [2.24, 2.45) is 23.7 Å². The second-order valence-corrected chi connectivity index (χ2v) is 10.3. The molecule has 0 spiro atoms. The topological polar surface area (TPSA) is 65.4 Å². The number of methoxy groups -OCH3 is 1. The SMILES string of the molecule is COc1ccc(-n2ncc(C(=O)NC3C4CC5CC(C4)CC3C5)c2OCc2ccc(F)cc2)cc1. The first-order valence-electron chi connectivity index (χ1n) is 12.5. The van der Waals surface area contributed by atoms with Crippen molar-refractivity contribution < 1.29 is 18.7 Å². The molecule has 35 heavy (non-hydrogen) atoms. The molecule has 2 aromatic carbocycles. The van der Waals surface area contributed by atoms with Crippen LogP contribution in [-0.4, -0.2) is 28.8 Å². The zero-order valence-electron chi connectivity index (χ0n) is 19.8. The van der Waals surface area contributed by atoms with Gasteiger partial charge in [0.15, 0.2) is 0 Å². The van der Waals surface area contributed by atoms with E-state index in [1.54, 1.807) is 30.1 Å². The summed E-state index contributed by atoms with van der Waals surface area (Å²) < 4.78 is 26.4. The molecule has 182 valence electrons. The van der Waals surface area contributed by atoms with Gasteiger partial charge in [-0.25, -0.2) is 9.07 Å². The number of nitrogens with zero attached hydrogens (tertiary/aromatic N) is 2. The van der Waals surface area contributed by atoms with Gasteiger partial charge in [-0.2, -0.15) is 5.10 Å². The Labute approximate surface area is 204 Å². The zero-order valence-corrected chi connectivity index (χ0v) is 19.8. The highest BCUT2D eigenvalue weighted by Gasteiger charge is 2.48. The van der Waals surface area contributed by atoms with Crippen molar-refractivity contribution in [3.05, 3.63) is 71.7 Å². The van der Waals surface area contributed by atoms with Crippen LogP contribution in [-0.2, 0) is 6.61 Å². The molecule has 4 aliphatic rings. The Bertz CT molecular complexity index is 1180. The van der Waals surface area contributed by atoms with Gasteiger partial charge in [0.1, 0.15) is 23.7 Å². The highest BCUT2D eigenvalue weighted by Crippen LogP contribution is 2.53. The number of halogens is 1. The third kappa shape index (κ3) is 4.28. The minimum atomic E-state index is -0.298. The maximum atomic E-state index is 13.5. The van der Waals surface area contributed by atoms with Gasteiger partial charge in [0.05, 0.1) is 19.0 Å². The number of amides is 1. The molecule has 6 nitrogen and oxygen atoms in total. The standard InChI is InChI=1S/C28H30FN3O3/c1-34-24-8-6-23(7-9-24)32-28(35-16-17-2-4-22(29)5-3-17)25(15-30-32)27(33)31-26-20-11-18-10-19(13-20)14-21(26)12-18/h2-9,15,18-21,26H,10-14,16H2,1H3,(H,31,33). The van der Waals surface area contributed by atoms with E-state index in [0.717, 1.165) is 28.8 Å². The molecule has 4 aliphatic carbocycles. The molecule has 1 aromatic heterocycles. The van der Waals surface area contributed by atoms with Gasteiger partial charge in [-0.05, 0) is 97.7 Å². The third-order valence-corrected chi connectivity index (χ3v) is 8.10. The average molecular weight is 476 g/mol. The average Bonchev–Trinajstić information content (AvgIpc) is 3.29. The molecule has 0 radical (unpaired) electrons. The Balaban J connectivity index is 1.27. The van der Waals surface area contributed by atoms with Crippen LogP contribution in [0.15, 0.2) is 54.7 Å². The summed E-state index contributed by atoms with van der Waals surface area (Å²) in [5.74, 6) is 3.52. The fourth-order valence-electron chi connectivity index (χ4n) is 6.66. The Morgan fingerprint density at radius 1 is 1.00 bits per heavy atom. The first-order chi connectivity index (χ1) is 17.1. The van der Waals surface area contributed by atoms with Gasteiger partial charge in [-0.3, -0.25) is 4.79 Å². The van der Waals surface area contributed by atoms with E-state index >= 15 is 0 Å². The van der Waals surface area contributed by atoms with Crippen LogP contribution in [0.1, 0.15) is 48.0 Å². The van der Waals surface area contributed by atoms with Crippen LogP contribution in [0, 0.1) is 29.5 Å². The summed E-state index contributed by atoms with van der Waals surface area (Å²) in [6, 6.07) is 13.8. The van der Waals surface area contributed by atoms with Crippen LogP contribution in [0.4, 0.5) is 4.39 Å². The number of nitrogens with one attached hydrogen (secondary N) is 1. The smallest absolute Gasteiger partial charge is 0.258 e. The van der Waals surface area contributed by atoms with Crippen LogP contribution >= 0.6 is 0 Å². The van der Waals surface area contributed by atoms with Gasteiger partial charge in [0.2, 0.25) is 5.88 Å². The van der Waals surface area contributed by atoms with Crippen LogP contribution in [0.5, 0.6) is 11.6 Å². The lowest BCUT2D eigenvalue weighted by Crippen LogP contribution is -2.55. The zero-order chi connectivity index (χ0) is 23.9. The number of aromatic nitrogens is 2. The number of rotatable bonds is 7. The maximum Gasteiger partial charge on any atom is 0.258 e. The lowest BCUT2D eigenvalue weighted by atomic mass is 9.54. The van der Waals surface area contributed by atoms with E-state index in [-0.39, 0.29) is 24.4 Å².